The summed E-state index contributed by atoms with van der Waals surface area (Å²) < 4.78 is 0. The van der Waals surface area contributed by atoms with E-state index in [-0.39, 0.29) is 11.8 Å². The van der Waals surface area contributed by atoms with Gasteiger partial charge in [0.1, 0.15) is 11.5 Å². The summed E-state index contributed by atoms with van der Waals surface area (Å²) in [6, 6.07) is 6.12. The predicted octanol–water partition coefficient (Wildman–Crippen LogP) is 3.63. The van der Waals surface area contributed by atoms with Gasteiger partial charge in [0.15, 0.2) is 0 Å². The molecule has 0 bridgehead atoms. The molecule has 1 atom stereocenters. The van der Waals surface area contributed by atoms with Gasteiger partial charge in [-0.2, -0.15) is 0 Å². The number of piperidine rings is 1. The summed E-state index contributed by atoms with van der Waals surface area (Å²) in [6.07, 6.45) is 5.10. The SMILES string of the molecule is Cc1cnc(C(=O)N2CCC[C@H](c3nc(C)cc(-c4cccs4)n3)C2)cn1. The van der Waals surface area contributed by atoms with E-state index in [9.17, 15) is 4.79 Å². The lowest BCUT2D eigenvalue weighted by Gasteiger charge is -2.32. The molecule has 0 saturated carbocycles. The van der Waals surface area contributed by atoms with Crippen LogP contribution in [0.25, 0.3) is 10.6 Å². The first-order valence-corrected chi connectivity index (χ1v) is 9.95. The molecule has 7 heteroatoms. The molecule has 0 N–H and O–H groups in total. The molecule has 0 aliphatic carbocycles. The topological polar surface area (TPSA) is 71.9 Å². The smallest absolute Gasteiger partial charge is 0.274 e. The van der Waals surface area contributed by atoms with Crippen molar-refractivity contribution >= 4 is 17.2 Å². The van der Waals surface area contributed by atoms with Crippen LogP contribution in [0.15, 0.2) is 36.0 Å². The monoisotopic (exact) mass is 379 g/mol. The Kier molecular flexibility index (Phi) is 4.94. The van der Waals surface area contributed by atoms with Gasteiger partial charge in [-0.05, 0) is 44.2 Å². The number of carbonyl (C=O) groups excluding carboxylic acids is 1. The summed E-state index contributed by atoms with van der Waals surface area (Å²) in [5.74, 6) is 0.893. The van der Waals surface area contributed by atoms with E-state index in [2.05, 4.69) is 26.4 Å². The van der Waals surface area contributed by atoms with E-state index in [0.29, 0.717) is 12.2 Å². The van der Waals surface area contributed by atoms with E-state index in [1.54, 1.807) is 23.7 Å². The van der Waals surface area contributed by atoms with Crippen LogP contribution in [0.3, 0.4) is 0 Å². The van der Waals surface area contributed by atoms with E-state index < -0.39 is 0 Å². The molecule has 1 aliphatic heterocycles. The zero-order chi connectivity index (χ0) is 18.8. The molecule has 1 amide bonds. The molecule has 138 valence electrons. The Morgan fingerprint density at radius 2 is 2.07 bits per heavy atom. The van der Waals surface area contributed by atoms with E-state index in [1.807, 2.05) is 30.9 Å². The van der Waals surface area contributed by atoms with E-state index in [4.69, 9.17) is 4.98 Å². The van der Waals surface area contributed by atoms with Gasteiger partial charge < -0.3 is 4.90 Å². The highest BCUT2D eigenvalue weighted by molar-refractivity contribution is 7.13. The van der Waals surface area contributed by atoms with Crippen molar-refractivity contribution in [1.29, 1.82) is 0 Å². The van der Waals surface area contributed by atoms with Gasteiger partial charge in [-0.3, -0.25) is 9.78 Å². The van der Waals surface area contributed by atoms with Crippen LogP contribution in [0.2, 0.25) is 0 Å². The number of carbonyl (C=O) groups is 1. The largest absolute Gasteiger partial charge is 0.337 e. The van der Waals surface area contributed by atoms with Crippen LogP contribution in [-0.4, -0.2) is 43.8 Å². The molecule has 0 spiro atoms. The van der Waals surface area contributed by atoms with E-state index >= 15 is 0 Å². The molecule has 6 nitrogen and oxygen atoms in total. The Hall–Kier alpha value is -2.67. The molecule has 3 aromatic rings. The third-order valence-corrected chi connectivity index (χ3v) is 5.61. The summed E-state index contributed by atoms with van der Waals surface area (Å²) in [4.78, 5) is 33.7. The fraction of sp³-hybridized carbons (Fsp3) is 0.350. The number of thiophene rings is 1. The maximum Gasteiger partial charge on any atom is 0.274 e. The molecule has 0 aromatic carbocycles. The second kappa shape index (κ2) is 7.52. The van der Waals surface area contributed by atoms with Gasteiger partial charge in [0.2, 0.25) is 0 Å². The first kappa shape index (κ1) is 17.7. The Morgan fingerprint density at radius 1 is 1.19 bits per heavy atom. The lowest BCUT2D eigenvalue weighted by Crippen LogP contribution is -2.40. The number of hydrogen-bond acceptors (Lipinski definition) is 6. The van der Waals surface area contributed by atoms with Crippen molar-refractivity contribution in [2.75, 3.05) is 13.1 Å². The van der Waals surface area contributed by atoms with Crippen molar-refractivity contribution < 1.29 is 4.79 Å². The second-order valence-corrected chi connectivity index (χ2v) is 7.81. The molecular weight excluding hydrogens is 358 g/mol. The quantitative estimate of drug-likeness (QED) is 0.695. The molecule has 0 radical (unpaired) electrons. The van der Waals surface area contributed by atoms with Gasteiger partial charge >= 0.3 is 0 Å². The number of hydrogen-bond donors (Lipinski definition) is 0. The maximum atomic E-state index is 12.8. The van der Waals surface area contributed by atoms with Gasteiger partial charge in [-0.25, -0.2) is 15.0 Å². The second-order valence-electron chi connectivity index (χ2n) is 6.86. The number of nitrogens with zero attached hydrogens (tertiary/aromatic N) is 5. The fourth-order valence-corrected chi connectivity index (χ4v) is 4.05. The average molecular weight is 379 g/mol. The summed E-state index contributed by atoms with van der Waals surface area (Å²) >= 11 is 1.67. The minimum absolute atomic E-state index is 0.0710. The van der Waals surface area contributed by atoms with Crippen molar-refractivity contribution in [2.45, 2.75) is 32.6 Å². The third kappa shape index (κ3) is 3.88. The molecule has 0 unspecified atom stereocenters. The lowest BCUT2D eigenvalue weighted by molar-refractivity contribution is 0.0698. The summed E-state index contributed by atoms with van der Waals surface area (Å²) in [7, 11) is 0. The first-order chi connectivity index (χ1) is 13.1. The zero-order valence-electron chi connectivity index (χ0n) is 15.4. The molecule has 4 rings (SSSR count). The van der Waals surface area contributed by atoms with Crippen LogP contribution in [0, 0.1) is 13.8 Å². The Morgan fingerprint density at radius 3 is 2.81 bits per heavy atom. The number of aryl methyl sites for hydroxylation is 2. The molecule has 27 heavy (non-hydrogen) atoms. The summed E-state index contributed by atoms with van der Waals surface area (Å²) in [5.41, 5.74) is 3.11. The number of likely N-dealkylation sites (tertiary alicyclic amines) is 1. The van der Waals surface area contributed by atoms with Crippen molar-refractivity contribution in [1.82, 2.24) is 24.8 Å². The minimum atomic E-state index is -0.0710. The van der Waals surface area contributed by atoms with Gasteiger partial charge in [-0.15, -0.1) is 11.3 Å². The highest BCUT2D eigenvalue weighted by Crippen LogP contribution is 2.29. The Balaban J connectivity index is 1.56. The Labute approximate surface area is 162 Å². The Bertz CT molecular complexity index is 940. The van der Waals surface area contributed by atoms with Crippen molar-refractivity contribution in [3.05, 3.63) is 58.9 Å². The molecule has 3 aromatic heterocycles. The van der Waals surface area contributed by atoms with Crippen LogP contribution < -0.4 is 0 Å². The van der Waals surface area contributed by atoms with E-state index in [1.165, 1.54) is 0 Å². The molecule has 1 saturated heterocycles. The third-order valence-electron chi connectivity index (χ3n) is 4.72. The van der Waals surface area contributed by atoms with Gasteiger partial charge in [0.05, 0.1) is 22.5 Å². The van der Waals surface area contributed by atoms with Gasteiger partial charge in [0, 0.05) is 30.9 Å². The standard InChI is InChI=1S/C20H21N5OS/c1-13-9-16(18-6-4-8-27-18)24-19(23-13)15-5-3-7-25(12-15)20(26)17-11-21-14(2)10-22-17/h4,6,8-11,15H,3,5,7,12H2,1-2H3/t15-/m0/s1. The van der Waals surface area contributed by atoms with Gasteiger partial charge in [0.25, 0.3) is 5.91 Å². The number of rotatable bonds is 3. The molecular formula is C20H21N5OS. The molecule has 1 fully saturated rings. The minimum Gasteiger partial charge on any atom is -0.337 e. The molecule has 4 heterocycles. The van der Waals surface area contributed by atoms with Crippen LogP contribution in [0.5, 0.6) is 0 Å². The normalized spacial score (nSPS) is 17.1. The van der Waals surface area contributed by atoms with Crippen molar-refractivity contribution in [3.8, 4) is 10.6 Å². The van der Waals surface area contributed by atoms with Gasteiger partial charge in [-0.1, -0.05) is 6.07 Å². The van der Waals surface area contributed by atoms with Crippen LogP contribution in [0.1, 0.15) is 46.5 Å². The van der Waals surface area contributed by atoms with Crippen molar-refractivity contribution in [3.63, 3.8) is 0 Å². The highest BCUT2D eigenvalue weighted by Gasteiger charge is 2.28. The van der Waals surface area contributed by atoms with Crippen LogP contribution in [0.4, 0.5) is 0 Å². The fourth-order valence-electron chi connectivity index (χ4n) is 3.36. The predicted molar refractivity (Wildman–Crippen MR) is 105 cm³/mol. The van der Waals surface area contributed by atoms with Crippen LogP contribution >= 0.6 is 11.3 Å². The summed E-state index contributed by atoms with van der Waals surface area (Å²) in [6.45, 7) is 5.20. The highest BCUT2D eigenvalue weighted by atomic mass is 32.1. The number of aromatic nitrogens is 4. The van der Waals surface area contributed by atoms with E-state index in [0.717, 1.165) is 47.2 Å². The van der Waals surface area contributed by atoms with Crippen LogP contribution in [-0.2, 0) is 0 Å². The zero-order valence-corrected chi connectivity index (χ0v) is 16.2. The first-order valence-electron chi connectivity index (χ1n) is 9.07. The number of amides is 1. The average Bonchev–Trinajstić information content (AvgIpc) is 3.23. The summed E-state index contributed by atoms with van der Waals surface area (Å²) in [5, 5.41) is 2.05. The maximum absolute atomic E-state index is 12.8. The van der Waals surface area contributed by atoms with Crippen molar-refractivity contribution in [2.24, 2.45) is 0 Å². The lowest BCUT2D eigenvalue weighted by atomic mass is 9.96. The molecule has 1 aliphatic rings.